The fourth-order valence-corrected chi connectivity index (χ4v) is 2.95. The Morgan fingerprint density at radius 1 is 1.11 bits per heavy atom. The van der Waals surface area contributed by atoms with Crippen molar-refractivity contribution in [3.63, 3.8) is 0 Å². The summed E-state index contributed by atoms with van der Waals surface area (Å²) < 4.78 is 2.72. The van der Waals surface area contributed by atoms with Gasteiger partial charge >= 0.3 is 0 Å². The Labute approximate surface area is 120 Å². The molecule has 0 bridgehead atoms. The van der Waals surface area contributed by atoms with E-state index in [2.05, 4.69) is 5.10 Å². The lowest BCUT2D eigenvalue weighted by Gasteiger charge is -1.99. The molecule has 3 aromatic rings. The lowest BCUT2D eigenvalue weighted by molar-refractivity contribution is 0.695. The van der Waals surface area contributed by atoms with Gasteiger partial charge in [-0.2, -0.15) is 5.10 Å². The van der Waals surface area contributed by atoms with Crippen molar-refractivity contribution in [3.8, 4) is 11.1 Å². The van der Waals surface area contributed by atoms with Gasteiger partial charge in [-0.25, -0.2) is 0 Å². The maximum atomic E-state index is 5.92. The Balaban J connectivity index is 1.81. The van der Waals surface area contributed by atoms with E-state index in [9.17, 15) is 0 Å². The minimum Gasteiger partial charge on any atom is -0.399 e. The van der Waals surface area contributed by atoms with Gasteiger partial charge in [0.05, 0.1) is 17.1 Å². The van der Waals surface area contributed by atoms with E-state index in [1.807, 2.05) is 53.5 Å². The normalized spacial score (nSPS) is 10.8. The number of halogens is 1. The summed E-state index contributed by atoms with van der Waals surface area (Å²) in [5, 5.41) is 4.37. The fourth-order valence-electron chi connectivity index (χ4n) is 1.87. The zero-order chi connectivity index (χ0) is 13.2. The van der Waals surface area contributed by atoms with Gasteiger partial charge in [0.2, 0.25) is 0 Å². The van der Waals surface area contributed by atoms with Gasteiger partial charge < -0.3 is 5.73 Å². The minimum absolute atomic E-state index is 0.742. The van der Waals surface area contributed by atoms with Gasteiger partial charge in [-0.15, -0.1) is 11.3 Å². The van der Waals surface area contributed by atoms with Crippen LogP contribution in [0.4, 0.5) is 5.69 Å². The van der Waals surface area contributed by atoms with Gasteiger partial charge in [-0.1, -0.05) is 23.7 Å². The molecule has 5 heteroatoms. The Kier molecular flexibility index (Phi) is 3.27. The molecule has 0 aliphatic heterocycles. The van der Waals surface area contributed by atoms with Crippen LogP contribution >= 0.6 is 22.9 Å². The van der Waals surface area contributed by atoms with E-state index in [1.54, 1.807) is 11.3 Å². The number of hydrogen-bond acceptors (Lipinski definition) is 3. The van der Waals surface area contributed by atoms with Crippen LogP contribution in [0, 0.1) is 0 Å². The Morgan fingerprint density at radius 2 is 1.89 bits per heavy atom. The zero-order valence-electron chi connectivity index (χ0n) is 10.1. The second-order valence-electron chi connectivity index (χ2n) is 4.25. The van der Waals surface area contributed by atoms with Gasteiger partial charge in [-0.05, 0) is 29.8 Å². The van der Waals surface area contributed by atoms with Crippen LogP contribution in [0.15, 0.2) is 48.8 Å². The van der Waals surface area contributed by atoms with E-state index >= 15 is 0 Å². The molecule has 3 rings (SSSR count). The number of anilines is 1. The molecule has 2 heterocycles. The van der Waals surface area contributed by atoms with Crippen molar-refractivity contribution in [2.24, 2.45) is 0 Å². The average molecular weight is 290 g/mol. The third-order valence-electron chi connectivity index (χ3n) is 2.82. The van der Waals surface area contributed by atoms with Gasteiger partial charge in [0.25, 0.3) is 0 Å². The Bertz CT molecular complexity index is 685. The summed E-state index contributed by atoms with van der Waals surface area (Å²) in [5.41, 5.74) is 8.65. The van der Waals surface area contributed by atoms with Crippen LogP contribution < -0.4 is 5.73 Å². The first-order valence-electron chi connectivity index (χ1n) is 5.83. The van der Waals surface area contributed by atoms with Crippen LogP contribution in [0.3, 0.4) is 0 Å². The highest BCUT2D eigenvalue weighted by atomic mass is 35.5. The number of aromatic nitrogens is 2. The number of nitrogen functional groups attached to an aromatic ring is 1. The smallest absolute Gasteiger partial charge is 0.0931 e. The van der Waals surface area contributed by atoms with E-state index in [4.69, 9.17) is 17.3 Å². The molecule has 0 amide bonds. The van der Waals surface area contributed by atoms with E-state index < -0.39 is 0 Å². The molecule has 3 nitrogen and oxygen atoms in total. The summed E-state index contributed by atoms with van der Waals surface area (Å²) >= 11 is 7.50. The SMILES string of the molecule is Nc1ccc(-c2cnn(Cc3ccc(Cl)s3)c2)cc1. The van der Waals surface area contributed by atoms with E-state index in [-0.39, 0.29) is 0 Å². The number of thiophene rings is 1. The Morgan fingerprint density at radius 3 is 2.58 bits per heavy atom. The third kappa shape index (κ3) is 2.80. The highest BCUT2D eigenvalue weighted by Crippen LogP contribution is 2.23. The topological polar surface area (TPSA) is 43.8 Å². The maximum Gasteiger partial charge on any atom is 0.0931 e. The molecule has 0 fully saturated rings. The number of rotatable bonds is 3. The second kappa shape index (κ2) is 5.07. The molecule has 0 aliphatic carbocycles. The molecular weight excluding hydrogens is 278 g/mol. The summed E-state index contributed by atoms with van der Waals surface area (Å²) in [4.78, 5) is 1.19. The van der Waals surface area contributed by atoms with Crippen LogP contribution in [-0.4, -0.2) is 9.78 Å². The number of nitrogens with two attached hydrogens (primary N) is 1. The van der Waals surface area contributed by atoms with Crippen LogP contribution in [0.5, 0.6) is 0 Å². The molecule has 0 saturated heterocycles. The molecule has 0 atom stereocenters. The fraction of sp³-hybridized carbons (Fsp3) is 0.0714. The van der Waals surface area contributed by atoms with Gasteiger partial charge in [-0.3, -0.25) is 4.68 Å². The molecule has 0 unspecified atom stereocenters. The summed E-state index contributed by atoms with van der Waals surface area (Å²) in [6.07, 6.45) is 3.89. The summed E-state index contributed by atoms with van der Waals surface area (Å²) in [7, 11) is 0. The van der Waals surface area contributed by atoms with Gasteiger partial charge in [0, 0.05) is 22.3 Å². The lowest BCUT2D eigenvalue weighted by atomic mass is 10.1. The average Bonchev–Trinajstić information content (AvgIpc) is 3.00. The van der Waals surface area contributed by atoms with Crippen LogP contribution in [0.1, 0.15) is 4.88 Å². The molecular formula is C14H12ClN3S. The first-order valence-corrected chi connectivity index (χ1v) is 7.03. The predicted octanol–water partition coefficient (Wildman–Crippen LogP) is 3.90. The number of hydrogen-bond donors (Lipinski definition) is 1. The summed E-state index contributed by atoms with van der Waals surface area (Å²) in [6, 6.07) is 11.7. The molecule has 19 heavy (non-hydrogen) atoms. The first-order chi connectivity index (χ1) is 9.20. The summed E-state index contributed by atoms with van der Waals surface area (Å²) in [6.45, 7) is 0.742. The van der Waals surface area contributed by atoms with Crippen molar-refractivity contribution in [2.45, 2.75) is 6.54 Å². The molecule has 0 saturated carbocycles. The van der Waals surface area contributed by atoms with Crippen molar-refractivity contribution in [1.82, 2.24) is 9.78 Å². The predicted molar refractivity (Wildman–Crippen MR) is 80.5 cm³/mol. The first kappa shape index (κ1) is 12.3. The molecule has 1 aromatic carbocycles. The van der Waals surface area contributed by atoms with Crippen molar-refractivity contribution in [3.05, 3.63) is 58.0 Å². The zero-order valence-corrected chi connectivity index (χ0v) is 11.7. The lowest BCUT2D eigenvalue weighted by Crippen LogP contribution is -1.97. The highest BCUT2D eigenvalue weighted by molar-refractivity contribution is 7.16. The van der Waals surface area contributed by atoms with Crippen LogP contribution in [0.2, 0.25) is 4.34 Å². The van der Waals surface area contributed by atoms with Crippen molar-refractivity contribution in [1.29, 1.82) is 0 Å². The van der Waals surface area contributed by atoms with E-state index in [0.717, 1.165) is 27.7 Å². The second-order valence-corrected chi connectivity index (χ2v) is 6.05. The van der Waals surface area contributed by atoms with E-state index in [1.165, 1.54) is 4.88 Å². The molecule has 0 aliphatic rings. The number of benzene rings is 1. The standard InChI is InChI=1S/C14H12ClN3S/c15-14-6-5-13(19-14)9-18-8-11(7-17-18)10-1-3-12(16)4-2-10/h1-8H,9,16H2. The van der Waals surface area contributed by atoms with Crippen LogP contribution in [-0.2, 0) is 6.54 Å². The monoisotopic (exact) mass is 289 g/mol. The molecule has 0 radical (unpaired) electrons. The largest absolute Gasteiger partial charge is 0.399 e. The van der Waals surface area contributed by atoms with Crippen LogP contribution in [0.25, 0.3) is 11.1 Å². The quantitative estimate of drug-likeness (QED) is 0.743. The minimum atomic E-state index is 0.742. The van der Waals surface area contributed by atoms with Gasteiger partial charge in [0.15, 0.2) is 0 Å². The Hall–Kier alpha value is -1.78. The number of nitrogens with zero attached hydrogens (tertiary/aromatic N) is 2. The summed E-state index contributed by atoms with van der Waals surface area (Å²) in [5.74, 6) is 0. The maximum absolute atomic E-state index is 5.92. The molecule has 2 aromatic heterocycles. The molecule has 0 spiro atoms. The van der Waals surface area contributed by atoms with Gasteiger partial charge in [0.1, 0.15) is 0 Å². The molecule has 2 N–H and O–H groups in total. The molecule has 96 valence electrons. The van der Waals surface area contributed by atoms with Crippen molar-refractivity contribution >= 4 is 28.6 Å². The highest BCUT2D eigenvalue weighted by Gasteiger charge is 2.04. The van der Waals surface area contributed by atoms with Crippen molar-refractivity contribution in [2.75, 3.05) is 5.73 Å². The van der Waals surface area contributed by atoms with E-state index in [0.29, 0.717) is 0 Å². The third-order valence-corrected chi connectivity index (χ3v) is 4.04. The van der Waals surface area contributed by atoms with Crippen molar-refractivity contribution < 1.29 is 0 Å².